The molecule has 0 bridgehead atoms. The quantitative estimate of drug-likeness (QED) is 0.128. The predicted octanol–water partition coefficient (Wildman–Crippen LogP) is 2.67. The van der Waals surface area contributed by atoms with E-state index < -0.39 is 34.1 Å². The van der Waals surface area contributed by atoms with Gasteiger partial charge in [-0.1, -0.05) is 44.8 Å². The minimum Gasteiger partial charge on any atom is -0.386 e. The minimum atomic E-state index is -1.19. The molecule has 0 aliphatic heterocycles. The third kappa shape index (κ3) is 11.4. The van der Waals surface area contributed by atoms with E-state index in [1.165, 1.54) is 12.2 Å². The molecule has 9 heteroatoms. The summed E-state index contributed by atoms with van der Waals surface area (Å²) in [5.41, 5.74) is 0. The van der Waals surface area contributed by atoms with Gasteiger partial charge in [0.2, 0.25) is 12.1 Å². The highest BCUT2D eigenvalue weighted by Gasteiger charge is 2.29. The van der Waals surface area contributed by atoms with E-state index in [4.69, 9.17) is 0 Å². The molecule has 27 heavy (non-hydrogen) atoms. The van der Waals surface area contributed by atoms with Gasteiger partial charge in [0.25, 0.3) is 0 Å². The van der Waals surface area contributed by atoms with E-state index in [0.29, 0.717) is 32.1 Å². The molecular weight excluding hydrogens is 356 g/mol. The zero-order valence-electron chi connectivity index (χ0n) is 15.9. The normalized spacial score (nSPS) is 16.0. The van der Waals surface area contributed by atoms with Crippen LogP contribution < -0.4 is 0 Å². The summed E-state index contributed by atoms with van der Waals surface area (Å²) in [7, 11) is 0. The molecule has 0 rings (SSSR count). The van der Waals surface area contributed by atoms with Crippen molar-refractivity contribution in [3.05, 3.63) is 32.4 Å². The van der Waals surface area contributed by atoms with Crippen molar-refractivity contribution in [3.8, 4) is 0 Å². The second-order valence-electron chi connectivity index (χ2n) is 6.73. The molecule has 0 spiro atoms. The largest absolute Gasteiger partial charge is 0.386 e. The summed E-state index contributed by atoms with van der Waals surface area (Å²) in [6.45, 7) is 2.00. The maximum Gasteiger partial charge on any atom is 0.241 e. The van der Waals surface area contributed by atoms with E-state index in [9.17, 15) is 35.2 Å². The Hall–Kier alpha value is -1.87. The summed E-state index contributed by atoms with van der Waals surface area (Å²) in [6.07, 6.45) is 6.03. The third-order valence-corrected chi connectivity index (χ3v) is 4.53. The van der Waals surface area contributed by atoms with Gasteiger partial charge in [0.05, 0.1) is 0 Å². The minimum absolute atomic E-state index is 0.0137. The molecule has 0 heterocycles. The molecule has 4 atom stereocenters. The van der Waals surface area contributed by atoms with Crippen molar-refractivity contribution in [2.45, 2.75) is 95.4 Å². The Balaban J connectivity index is 4.53. The van der Waals surface area contributed by atoms with Crippen LogP contribution in [0.1, 0.15) is 71.1 Å². The first-order chi connectivity index (χ1) is 12.8. The molecule has 0 aliphatic rings. The Morgan fingerprint density at radius 2 is 1.30 bits per heavy atom. The number of carbonyl (C=O) groups is 1. The fraction of sp³-hybridized carbons (Fsp3) is 0.833. The smallest absolute Gasteiger partial charge is 0.241 e. The molecule has 9 nitrogen and oxygen atoms in total. The van der Waals surface area contributed by atoms with E-state index in [-0.39, 0.29) is 19.3 Å². The van der Waals surface area contributed by atoms with E-state index in [2.05, 4.69) is 0 Å². The molecule has 2 N–H and O–H groups in total. The van der Waals surface area contributed by atoms with Crippen molar-refractivity contribution in [3.63, 3.8) is 0 Å². The van der Waals surface area contributed by atoms with Gasteiger partial charge in [-0.05, 0) is 19.3 Å². The second-order valence-corrected chi connectivity index (χ2v) is 6.73. The van der Waals surface area contributed by atoms with Gasteiger partial charge < -0.3 is 15.0 Å². The van der Waals surface area contributed by atoms with Gasteiger partial charge in [-0.15, -0.1) is 0 Å². The lowest BCUT2D eigenvalue weighted by atomic mass is 9.99. The van der Waals surface area contributed by atoms with Gasteiger partial charge in [-0.25, -0.2) is 0 Å². The van der Waals surface area contributed by atoms with Gasteiger partial charge in [-0.2, -0.15) is 0 Å². The summed E-state index contributed by atoms with van der Waals surface area (Å²) in [4.78, 5) is 31.4. The second kappa shape index (κ2) is 15.2. The summed E-state index contributed by atoms with van der Waals surface area (Å²) in [6, 6.07) is -2.33. The number of carbonyl (C=O) groups excluding carboxylic acids is 1. The third-order valence-electron chi connectivity index (χ3n) is 4.53. The summed E-state index contributed by atoms with van der Waals surface area (Å²) >= 11 is 0. The number of hydrogen-bond donors (Lipinski definition) is 2. The molecule has 4 unspecified atom stereocenters. The van der Waals surface area contributed by atoms with E-state index in [1.54, 1.807) is 0 Å². The van der Waals surface area contributed by atoms with Crippen molar-refractivity contribution in [1.82, 2.24) is 0 Å². The number of aldehydes is 1. The standard InChI is InChI=1S/C18H32N2O7/c1-2-3-5-12-17(22)15(19(24)25)10-7-8-11-16(20(26)27)18(23)13-6-4-9-14-21/h7-8,14-18,22-23H,2-6,9-13H2,1H3. The maximum atomic E-state index is 11.1. The summed E-state index contributed by atoms with van der Waals surface area (Å²) in [5, 5.41) is 42.2. The number of aliphatic hydroxyl groups excluding tert-OH is 2. The molecule has 0 saturated heterocycles. The van der Waals surface area contributed by atoms with Gasteiger partial charge >= 0.3 is 0 Å². The molecule has 0 aromatic rings. The highest BCUT2D eigenvalue weighted by molar-refractivity contribution is 5.48. The van der Waals surface area contributed by atoms with Gasteiger partial charge in [0.15, 0.2) is 0 Å². The van der Waals surface area contributed by atoms with Crippen molar-refractivity contribution in [2.75, 3.05) is 0 Å². The van der Waals surface area contributed by atoms with Gasteiger partial charge in [0, 0.05) is 29.1 Å². The monoisotopic (exact) mass is 388 g/mol. The number of rotatable bonds is 17. The van der Waals surface area contributed by atoms with Crippen LogP contribution in [0.3, 0.4) is 0 Å². The van der Waals surface area contributed by atoms with E-state index >= 15 is 0 Å². The number of nitrogens with zero attached hydrogens (tertiary/aromatic N) is 2. The Morgan fingerprint density at radius 1 is 0.852 bits per heavy atom. The number of nitro groups is 2. The zero-order chi connectivity index (χ0) is 20.7. The molecular formula is C18H32N2O7. The van der Waals surface area contributed by atoms with Crippen LogP contribution in [0.4, 0.5) is 0 Å². The Morgan fingerprint density at radius 3 is 1.67 bits per heavy atom. The van der Waals surface area contributed by atoms with Gasteiger partial charge in [-0.3, -0.25) is 20.2 Å². The van der Waals surface area contributed by atoms with Crippen LogP contribution in [0, 0.1) is 20.2 Å². The molecule has 0 aromatic carbocycles. The molecule has 0 saturated carbocycles. The first kappa shape index (κ1) is 25.1. The van der Waals surface area contributed by atoms with Crippen LogP contribution in [0.25, 0.3) is 0 Å². The molecule has 0 radical (unpaired) electrons. The highest BCUT2D eigenvalue weighted by Crippen LogP contribution is 2.15. The fourth-order valence-corrected chi connectivity index (χ4v) is 2.81. The Bertz CT molecular complexity index is 471. The van der Waals surface area contributed by atoms with E-state index in [1.807, 2.05) is 6.92 Å². The van der Waals surface area contributed by atoms with Gasteiger partial charge in [0.1, 0.15) is 18.5 Å². The predicted molar refractivity (Wildman–Crippen MR) is 101 cm³/mol. The number of hydrogen-bond acceptors (Lipinski definition) is 7. The lowest BCUT2D eigenvalue weighted by Crippen LogP contribution is -2.34. The maximum absolute atomic E-state index is 11.1. The van der Waals surface area contributed by atoms with Crippen molar-refractivity contribution < 1.29 is 24.9 Å². The lowest BCUT2D eigenvalue weighted by Gasteiger charge is -2.15. The van der Waals surface area contributed by atoms with Crippen LogP contribution in [0.15, 0.2) is 12.2 Å². The molecule has 0 aromatic heterocycles. The lowest BCUT2D eigenvalue weighted by molar-refractivity contribution is -0.534. The Kier molecular flexibility index (Phi) is 14.2. The molecule has 0 fully saturated rings. The first-order valence-corrected chi connectivity index (χ1v) is 9.56. The van der Waals surface area contributed by atoms with Crippen molar-refractivity contribution in [2.24, 2.45) is 0 Å². The molecule has 156 valence electrons. The van der Waals surface area contributed by atoms with Crippen molar-refractivity contribution >= 4 is 6.29 Å². The van der Waals surface area contributed by atoms with Crippen LogP contribution in [0.2, 0.25) is 0 Å². The number of aliphatic hydroxyl groups is 2. The summed E-state index contributed by atoms with van der Waals surface area (Å²) in [5.74, 6) is 0. The van der Waals surface area contributed by atoms with Crippen molar-refractivity contribution in [1.29, 1.82) is 0 Å². The van der Waals surface area contributed by atoms with Crippen LogP contribution >= 0.6 is 0 Å². The SMILES string of the molecule is CCCCCC(O)C(CC=CCC(C(O)CCCCC=O)[N+](=O)[O-])[N+](=O)[O-]. The van der Waals surface area contributed by atoms with Crippen LogP contribution in [-0.2, 0) is 4.79 Å². The summed E-state index contributed by atoms with van der Waals surface area (Å²) < 4.78 is 0. The number of unbranched alkanes of at least 4 members (excludes halogenated alkanes) is 4. The van der Waals surface area contributed by atoms with Crippen LogP contribution in [-0.4, -0.2) is 50.6 Å². The fourth-order valence-electron chi connectivity index (χ4n) is 2.81. The van der Waals surface area contributed by atoms with E-state index in [0.717, 1.165) is 19.1 Å². The highest BCUT2D eigenvalue weighted by atomic mass is 16.6. The Labute approximate surface area is 159 Å². The zero-order valence-corrected chi connectivity index (χ0v) is 15.9. The molecule has 0 amide bonds. The topological polar surface area (TPSA) is 144 Å². The average molecular weight is 388 g/mol. The average Bonchev–Trinajstić information content (AvgIpc) is 2.61. The van der Waals surface area contributed by atoms with Crippen LogP contribution in [0.5, 0.6) is 0 Å². The molecule has 0 aliphatic carbocycles. The first-order valence-electron chi connectivity index (χ1n) is 9.56.